The number of ether oxygens (including phenoxy) is 2. The van der Waals surface area contributed by atoms with Crippen molar-refractivity contribution in [1.82, 2.24) is 0 Å². The Morgan fingerprint density at radius 2 is 2.31 bits per heavy atom. The molecule has 1 heterocycles. The van der Waals surface area contributed by atoms with E-state index in [4.69, 9.17) is 9.47 Å². The van der Waals surface area contributed by atoms with E-state index in [-0.39, 0.29) is 5.41 Å². The molecule has 2 heteroatoms. The smallest absolute Gasteiger partial charge is 0.165 e. The summed E-state index contributed by atoms with van der Waals surface area (Å²) in [4.78, 5) is 0. The van der Waals surface area contributed by atoms with E-state index in [9.17, 15) is 0 Å². The van der Waals surface area contributed by atoms with Crippen LogP contribution in [0, 0.1) is 0 Å². The Labute approximate surface area is 96.6 Å². The van der Waals surface area contributed by atoms with E-state index in [0.29, 0.717) is 6.61 Å². The van der Waals surface area contributed by atoms with Crippen LogP contribution in [0.4, 0.5) is 0 Å². The van der Waals surface area contributed by atoms with E-state index in [1.807, 2.05) is 6.92 Å². The molecular weight excluding hydrogens is 200 g/mol. The Hall–Kier alpha value is -1.18. The molecule has 1 unspecified atom stereocenters. The standard InChI is InChI=1S/C14H18O2/c1-3-15-11-7-6-10-5-4-8-14(2)9-16-13(11)12(10)14/h6-7H,3-5,8-9H2,1-2H3. The number of hydrogen-bond acceptors (Lipinski definition) is 2. The molecule has 86 valence electrons. The van der Waals surface area contributed by atoms with Gasteiger partial charge >= 0.3 is 0 Å². The zero-order valence-corrected chi connectivity index (χ0v) is 10.0. The van der Waals surface area contributed by atoms with Gasteiger partial charge in [0.05, 0.1) is 13.2 Å². The molecule has 0 N–H and O–H groups in total. The Bertz CT molecular complexity index is 425. The molecule has 1 aromatic carbocycles. The molecule has 0 aromatic heterocycles. The van der Waals surface area contributed by atoms with Crippen LogP contribution in [0.25, 0.3) is 0 Å². The average Bonchev–Trinajstić information content (AvgIpc) is 2.63. The monoisotopic (exact) mass is 218 g/mol. The lowest BCUT2D eigenvalue weighted by Gasteiger charge is -2.29. The molecule has 0 saturated carbocycles. The van der Waals surface area contributed by atoms with E-state index in [0.717, 1.165) is 18.1 Å². The average molecular weight is 218 g/mol. The van der Waals surface area contributed by atoms with Gasteiger partial charge in [-0.25, -0.2) is 0 Å². The van der Waals surface area contributed by atoms with E-state index in [1.165, 1.54) is 30.4 Å². The number of benzene rings is 1. The van der Waals surface area contributed by atoms with Gasteiger partial charge in [0.1, 0.15) is 0 Å². The number of aryl methyl sites for hydroxylation is 1. The maximum atomic E-state index is 5.88. The molecule has 0 bridgehead atoms. The maximum absolute atomic E-state index is 5.88. The fourth-order valence-electron chi connectivity index (χ4n) is 3.06. The second kappa shape index (κ2) is 3.41. The minimum absolute atomic E-state index is 0.232. The van der Waals surface area contributed by atoms with E-state index < -0.39 is 0 Å². The lowest BCUT2D eigenvalue weighted by atomic mass is 9.73. The first-order valence-electron chi connectivity index (χ1n) is 6.16. The summed E-state index contributed by atoms with van der Waals surface area (Å²) in [5.41, 5.74) is 3.12. The molecule has 0 amide bonds. The summed E-state index contributed by atoms with van der Waals surface area (Å²) < 4.78 is 11.5. The van der Waals surface area contributed by atoms with Crippen molar-refractivity contribution < 1.29 is 9.47 Å². The number of rotatable bonds is 2. The van der Waals surface area contributed by atoms with Crippen LogP contribution in [0.5, 0.6) is 11.5 Å². The van der Waals surface area contributed by atoms with Gasteiger partial charge in [-0.2, -0.15) is 0 Å². The van der Waals surface area contributed by atoms with Crippen LogP contribution in [0.15, 0.2) is 12.1 Å². The second-order valence-corrected chi connectivity index (χ2v) is 5.06. The first-order chi connectivity index (χ1) is 7.74. The fraction of sp³-hybridized carbons (Fsp3) is 0.571. The van der Waals surface area contributed by atoms with Crippen LogP contribution >= 0.6 is 0 Å². The highest BCUT2D eigenvalue weighted by Gasteiger charge is 2.41. The molecular formula is C14H18O2. The zero-order valence-electron chi connectivity index (χ0n) is 10.0. The van der Waals surface area contributed by atoms with Crippen LogP contribution in [-0.4, -0.2) is 13.2 Å². The van der Waals surface area contributed by atoms with Gasteiger partial charge in [-0.15, -0.1) is 0 Å². The predicted molar refractivity (Wildman–Crippen MR) is 63.4 cm³/mol. The van der Waals surface area contributed by atoms with Crippen molar-refractivity contribution >= 4 is 0 Å². The normalized spacial score (nSPS) is 26.1. The predicted octanol–water partition coefficient (Wildman–Crippen LogP) is 3.07. The zero-order chi connectivity index (χ0) is 11.2. The first kappa shape index (κ1) is 10.0. The van der Waals surface area contributed by atoms with Crippen molar-refractivity contribution in [2.24, 2.45) is 0 Å². The Balaban J connectivity index is 2.16. The number of hydrogen-bond donors (Lipinski definition) is 0. The molecule has 0 radical (unpaired) electrons. The molecule has 16 heavy (non-hydrogen) atoms. The second-order valence-electron chi connectivity index (χ2n) is 5.06. The Morgan fingerprint density at radius 1 is 1.44 bits per heavy atom. The third-order valence-corrected chi connectivity index (χ3v) is 3.82. The summed E-state index contributed by atoms with van der Waals surface area (Å²) in [5, 5.41) is 0. The molecule has 0 fully saturated rings. The van der Waals surface area contributed by atoms with Gasteiger partial charge in [0.2, 0.25) is 0 Å². The van der Waals surface area contributed by atoms with Gasteiger partial charge in [0, 0.05) is 11.0 Å². The van der Waals surface area contributed by atoms with Gasteiger partial charge in [-0.3, -0.25) is 0 Å². The highest BCUT2D eigenvalue weighted by molar-refractivity contribution is 5.57. The molecule has 0 spiro atoms. The van der Waals surface area contributed by atoms with Crippen LogP contribution in [0.1, 0.15) is 37.8 Å². The molecule has 2 aliphatic rings. The summed E-state index contributed by atoms with van der Waals surface area (Å²) in [6.07, 6.45) is 3.70. The molecule has 1 atom stereocenters. The SMILES string of the molecule is CCOc1ccc2c3c1OCC3(C)CCC2. The van der Waals surface area contributed by atoms with Gasteiger partial charge < -0.3 is 9.47 Å². The third-order valence-electron chi connectivity index (χ3n) is 3.82. The minimum atomic E-state index is 0.232. The fourth-order valence-corrected chi connectivity index (χ4v) is 3.06. The van der Waals surface area contributed by atoms with Crippen molar-refractivity contribution in [2.45, 2.75) is 38.5 Å². The molecule has 1 aliphatic heterocycles. The van der Waals surface area contributed by atoms with E-state index >= 15 is 0 Å². The van der Waals surface area contributed by atoms with Crippen molar-refractivity contribution in [2.75, 3.05) is 13.2 Å². The summed E-state index contributed by atoms with van der Waals surface area (Å²) in [6.45, 7) is 5.85. The lowest BCUT2D eigenvalue weighted by molar-refractivity contribution is 0.249. The van der Waals surface area contributed by atoms with Gasteiger partial charge in [-0.05, 0) is 37.8 Å². The summed E-state index contributed by atoms with van der Waals surface area (Å²) in [7, 11) is 0. The summed E-state index contributed by atoms with van der Waals surface area (Å²) in [5.74, 6) is 1.94. The van der Waals surface area contributed by atoms with Crippen LogP contribution in [-0.2, 0) is 11.8 Å². The Morgan fingerprint density at radius 3 is 3.12 bits per heavy atom. The van der Waals surface area contributed by atoms with Crippen molar-refractivity contribution in [3.63, 3.8) is 0 Å². The topological polar surface area (TPSA) is 18.5 Å². The summed E-state index contributed by atoms with van der Waals surface area (Å²) >= 11 is 0. The van der Waals surface area contributed by atoms with Gasteiger partial charge in [0.25, 0.3) is 0 Å². The summed E-state index contributed by atoms with van der Waals surface area (Å²) in [6, 6.07) is 4.28. The van der Waals surface area contributed by atoms with E-state index in [2.05, 4.69) is 19.1 Å². The lowest BCUT2D eigenvalue weighted by Crippen LogP contribution is -2.27. The first-order valence-corrected chi connectivity index (χ1v) is 6.16. The quantitative estimate of drug-likeness (QED) is 0.759. The van der Waals surface area contributed by atoms with Crippen LogP contribution < -0.4 is 9.47 Å². The third kappa shape index (κ3) is 1.25. The van der Waals surface area contributed by atoms with E-state index in [1.54, 1.807) is 0 Å². The molecule has 0 saturated heterocycles. The molecule has 3 rings (SSSR count). The highest BCUT2D eigenvalue weighted by atomic mass is 16.5. The Kier molecular flexibility index (Phi) is 2.13. The van der Waals surface area contributed by atoms with Crippen molar-refractivity contribution in [3.05, 3.63) is 23.3 Å². The highest BCUT2D eigenvalue weighted by Crippen LogP contribution is 2.51. The van der Waals surface area contributed by atoms with Gasteiger partial charge in [-0.1, -0.05) is 13.0 Å². The van der Waals surface area contributed by atoms with Crippen LogP contribution in [0.3, 0.4) is 0 Å². The molecule has 2 nitrogen and oxygen atoms in total. The van der Waals surface area contributed by atoms with Crippen molar-refractivity contribution in [1.29, 1.82) is 0 Å². The maximum Gasteiger partial charge on any atom is 0.165 e. The van der Waals surface area contributed by atoms with Gasteiger partial charge in [0.15, 0.2) is 11.5 Å². The molecule has 1 aliphatic carbocycles. The molecule has 1 aromatic rings. The minimum Gasteiger partial charge on any atom is -0.490 e. The van der Waals surface area contributed by atoms with Crippen molar-refractivity contribution in [3.8, 4) is 11.5 Å². The van der Waals surface area contributed by atoms with Crippen LogP contribution in [0.2, 0.25) is 0 Å². The largest absolute Gasteiger partial charge is 0.490 e.